The van der Waals surface area contributed by atoms with Gasteiger partial charge in [0.25, 0.3) is 0 Å². The van der Waals surface area contributed by atoms with Crippen molar-refractivity contribution in [3.63, 3.8) is 0 Å². The molecule has 96 valence electrons. The van der Waals surface area contributed by atoms with Crippen molar-refractivity contribution in [2.75, 3.05) is 13.7 Å². The second kappa shape index (κ2) is 5.71. The van der Waals surface area contributed by atoms with Gasteiger partial charge in [-0.05, 0) is 38.5 Å². The normalized spacial score (nSPS) is 13.5. The van der Waals surface area contributed by atoms with Gasteiger partial charge in [0.15, 0.2) is 0 Å². The fourth-order valence-corrected chi connectivity index (χ4v) is 1.60. The van der Waals surface area contributed by atoms with Crippen LogP contribution in [0.5, 0.6) is 5.75 Å². The van der Waals surface area contributed by atoms with Crippen LogP contribution in [0.25, 0.3) is 0 Å². The molecule has 0 saturated carbocycles. The van der Waals surface area contributed by atoms with E-state index < -0.39 is 6.10 Å². The van der Waals surface area contributed by atoms with E-state index in [0.29, 0.717) is 17.3 Å². The molecule has 1 atom stereocenters. The summed E-state index contributed by atoms with van der Waals surface area (Å²) in [5, 5.41) is 13.8. The molecule has 1 unspecified atom stereocenters. The first-order valence-electron chi connectivity index (χ1n) is 5.60. The number of aliphatic hydroxyl groups is 1. The summed E-state index contributed by atoms with van der Waals surface area (Å²) in [6.07, 6.45) is -0.569. The van der Waals surface area contributed by atoms with E-state index >= 15 is 0 Å². The summed E-state index contributed by atoms with van der Waals surface area (Å²) in [5.41, 5.74) is 0.778. The molecular weight excluding hydrogens is 238 g/mol. The second-order valence-corrected chi connectivity index (χ2v) is 5.45. The van der Waals surface area contributed by atoms with Crippen molar-refractivity contribution < 1.29 is 9.84 Å². The molecule has 0 heterocycles. The van der Waals surface area contributed by atoms with Gasteiger partial charge in [0.05, 0.1) is 18.2 Å². The number of benzene rings is 1. The molecule has 0 aliphatic carbocycles. The standard InChI is InChI=1S/C13H20ClNO2/c1-13(2,3)15-8-11(16)9-5-6-10(14)12(7-9)17-4/h5-7,11,15-16H,8H2,1-4H3. The predicted octanol–water partition coefficient (Wildman–Crippen LogP) is 2.77. The highest BCUT2D eigenvalue weighted by Gasteiger charge is 2.14. The molecule has 4 heteroatoms. The van der Waals surface area contributed by atoms with Crippen molar-refractivity contribution in [3.05, 3.63) is 28.8 Å². The minimum absolute atomic E-state index is 0.0164. The maximum absolute atomic E-state index is 10.0. The van der Waals surface area contributed by atoms with Gasteiger partial charge in [0.1, 0.15) is 5.75 Å². The average Bonchev–Trinajstić information content (AvgIpc) is 2.25. The van der Waals surface area contributed by atoms with Crippen LogP contribution in [0, 0.1) is 0 Å². The van der Waals surface area contributed by atoms with Crippen LogP contribution in [0.3, 0.4) is 0 Å². The number of β-amino-alcohol motifs (C(OH)–C–C–N with tert-alkyl or cyclic N) is 1. The Labute approximate surface area is 108 Å². The Morgan fingerprint density at radius 2 is 2.06 bits per heavy atom. The van der Waals surface area contributed by atoms with Gasteiger partial charge in [0.2, 0.25) is 0 Å². The number of ether oxygens (including phenoxy) is 1. The van der Waals surface area contributed by atoms with Gasteiger partial charge < -0.3 is 15.2 Å². The Balaban J connectivity index is 2.72. The molecule has 0 aliphatic heterocycles. The molecule has 0 aromatic heterocycles. The Morgan fingerprint density at radius 1 is 1.41 bits per heavy atom. The zero-order valence-corrected chi connectivity index (χ0v) is 11.5. The van der Waals surface area contributed by atoms with Gasteiger partial charge in [0, 0.05) is 12.1 Å². The monoisotopic (exact) mass is 257 g/mol. The molecule has 0 amide bonds. The van der Waals surface area contributed by atoms with Crippen LogP contribution in [0.15, 0.2) is 18.2 Å². The molecule has 0 bridgehead atoms. The molecule has 3 nitrogen and oxygen atoms in total. The van der Waals surface area contributed by atoms with Crippen LogP contribution in [-0.2, 0) is 0 Å². The van der Waals surface area contributed by atoms with E-state index in [9.17, 15) is 5.11 Å². The van der Waals surface area contributed by atoms with E-state index in [1.54, 1.807) is 25.3 Å². The summed E-state index contributed by atoms with van der Waals surface area (Å²) < 4.78 is 5.12. The third-order valence-electron chi connectivity index (χ3n) is 2.39. The maximum atomic E-state index is 10.0. The number of hydrogen-bond acceptors (Lipinski definition) is 3. The number of rotatable bonds is 4. The van der Waals surface area contributed by atoms with Crippen LogP contribution in [0.4, 0.5) is 0 Å². The first kappa shape index (κ1) is 14.3. The van der Waals surface area contributed by atoms with Gasteiger partial charge in [-0.2, -0.15) is 0 Å². The van der Waals surface area contributed by atoms with E-state index in [1.807, 2.05) is 0 Å². The number of methoxy groups -OCH3 is 1. The molecule has 0 fully saturated rings. The fraction of sp³-hybridized carbons (Fsp3) is 0.538. The third-order valence-corrected chi connectivity index (χ3v) is 2.70. The molecule has 1 aromatic rings. The number of halogens is 1. The predicted molar refractivity (Wildman–Crippen MR) is 70.7 cm³/mol. The van der Waals surface area contributed by atoms with Gasteiger partial charge in [-0.15, -0.1) is 0 Å². The summed E-state index contributed by atoms with van der Waals surface area (Å²) in [7, 11) is 1.56. The van der Waals surface area contributed by atoms with Crippen molar-refractivity contribution in [3.8, 4) is 5.75 Å². The smallest absolute Gasteiger partial charge is 0.137 e. The van der Waals surface area contributed by atoms with Crippen molar-refractivity contribution in [1.29, 1.82) is 0 Å². The number of aliphatic hydroxyl groups excluding tert-OH is 1. The van der Waals surface area contributed by atoms with Crippen LogP contribution in [0.2, 0.25) is 5.02 Å². The van der Waals surface area contributed by atoms with Crippen molar-refractivity contribution in [2.45, 2.75) is 32.4 Å². The summed E-state index contributed by atoms with van der Waals surface area (Å²) >= 11 is 5.93. The van der Waals surface area contributed by atoms with Crippen LogP contribution < -0.4 is 10.1 Å². The van der Waals surface area contributed by atoms with Crippen molar-refractivity contribution >= 4 is 11.6 Å². The molecule has 17 heavy (non-hydrogen) atoms. The van der Waals surface area contributed by atoms with Crippen molar-refractivity contribution in [2.24, 2.45) is 0 Å². The Bertz CT molecular complexity index is 374. The summed E-state index contributed by atoms with van der Waals surface area (Å²) in [5.74, 6) is 0.582. The Kier molecular flexibility index (Phi) is 4.80. The summed E-state index contributed by atoms with van der Waals surface area (Å²) in [6, 6.07) is 5.30. The average molecular weight is 258 g/mol. The van der Waals surface area contributed by atoms with Gasteiger partial charge in [-0.3, -0.25) is 0 Å². The minimum atomic E-state index is -0.569. The quantitative estimate of drug-likeness (QED) is 0.872. The van der Waals surface area contributed by atoms with Gasteiger partial charge >= 0.3 is 0 Å². The maximum Gasteiger partial charge on any atom is 0.137 e. The largest absolute Gasteiger partial charge is 0.495 e. The molecule has 1 aromatic carbocycles. The lowest BCUT2D eigenvalue weighted by Crippen LogP contribution is -2.38. The van der Waals surface area contributed by atoms with E-state index in [1.165, 1.54) is 0 Å². The highest BCUT2D eigenvalue weighted by atomic mass is 35.5. The van der Waals surface area contributed by atoms with Gasteiger partial charge in [-0.25, -0.2) is 0 Å². The Morgan fingerprint density at radius 3 is 2.59 bits per heavy atom. The molecule has 0 spiro atoms. The molecule has 0 radical (unpaired) electrons. The van der Waals surface area contributed by atoms with E-state index in [0.717, 1.165) is 5.56 Å². The molecule has 0 aliphatic rings. The number of nitrogens with one attached hydrogen (secondary N) is 1. The lowest BCUT2D eigenvalue weighted by Gasteiger charge is -2.23. The molecular formula is C13H20ClNO2. The zero-order chi connectivity index (χ0) is 13.1. The van der Waals surface area contributed by atoms with Crippen LogP contribution in [0.1, 0.15) is 32.4 Å². The fourth-order valence-electron chi connectivity index (χ4n) is 1.40. The summed E-state index contributed by atoms with van der Waals surface area (Å²) in [6.45, 7) is 6.67. The first-order valence-corrected chi connectivity index (χ1v) is 5.98. The van der Waals surface area contributed by atoms with E-state index in [4.69, 9.17) is 16.3 Å². The van der Waals surface area contributed by atoms with Crippen LogP contribution >= 0.6 is 11.6 Å². The third kappa shape index (κ3) is 4.54. The lowest BCUT2D eigenvalue weighted by molar-refractivity contribution is 0.163. The zero-order valence-electron chi connectivity index (χ0n) is 10.7. The van der Waals surface area contributed by atoms with E-state index in [-0.39, 0.29) is 5.54 Å². The SMILES string of the molecule is COc1cc(C(O)CNC(C)(C)C)ccc1Cl. The van der Waals surface area contributed by atoms with Crippen LogP contribution in [-0.4, -0.2) is 24.3 Å². The topological polar surface area (TPSA) is 41.5 Å². The minimum Gasteiger partial charge on any atom is -0.495 e. The second-order valence-electron chi connectivity index (χ2n) is 5.04. The summed E-state index contributed by atoms with van der Waals surface area (Å²) in [4.78, 5) is 0. The Hall–Kier alpha value is -0.770. The van der Waals surface area contributed by atoms with E-state index in [2.05, 4.69) is 26.1 Å². The highest BCUT2D eigenvalue weighted by molar-refractivity contribution is 6.32. The molecule has 2 N–H and O–H groups in total. The number of hydrogen-bond donors (Lipinski definition) is 2. The first-order chi connectivity index (χ1) is 7.83. The van der Waals surface area contributed by atoms with Crippen molar-refractivity contribution in [1.82, 2.24) is 5.32 Å². The van der Waals surface area contributed by atoms with Gasteiger partial charge in [-0.1, -0.05) is 17.7 Å². The molecule has 0 saturated heterocycles. The molecule has 1 rings (SSSR count). The lowest BCUT2D eigenvalue weighted by atomic mass is 10.1. The highest BCUT2D eigenvalue weighted by Crippen LogP contribution is 2.27.